The van der Waals surface area contributed by atoms with E-state index in [2.05, 4.69) is 15.6 Å². The van der Waals surface area contributed by atoms with Crippen LogP contribution in [0.4, 0.5) is 11.4 Å². The van der Waals surface area contributed by atoms with Gasteiger partial charge >= 0.3 is 11.9 Å². The molecule has 0 saturated heterocycles. The van der Waals surface area contributed by atoms with Crippen LogP contribution in [0.15, 0.2) is 67.0 Å². The van der Waals surface area contributed by atoms with Gasteiger partial charge in [0.1, 0.15) is 11.5 Å². The van der Waals surface area contributed by atoms with Crippen LogP contribution >= 0.6 is 0 Å². The van der Waals surface area contributed by atoms with Crippen molar-refractivity contribution in [2.45, 2.75) is 51.4 Å². The summed E-state index contributed by atoms with van der Waals surface area (Å²) < 4.78 is 10.7. The van der Waals surface area contributed by atoms with E-state index in [0.717, 1.165) is 38.5 Å². The standard InChI is InChI=1S/C29H29N3O6/c33-26-7-5-3-1-2-4-6-8-27(34)38-25-15-11-23(12-16-25)32-29(36)21-17-20(18-30-19-21)28(35)31-22-9-13-24(37-26)14-10-22/h9-19H,1-8H2,(H,31,35)(H,32,36). The normalized spacial score (nSPS) is 16.1. The maximum Gasteiger partial charge on any atom is 0.311 e. The first-order valence-electron chi connectivity index (χ1n) is 12.7. The fourth-order valence-corrected chi connectivity index (χ4v) is 3.92. The van der Waals surface area contributed by atoms with Crippen molar-refractivity contribution in [2.75, 3.05) is 10.6 Å². The fourth-order valence-electron chi connectivity index (χ4n) is 3.92. The first-order valence-corrected chi connectivity index (χ1v) is 12.7. The average Bonchev–Trinajstić information content (AvgIpc) is 2.92. The van der Waals surface area contributed by atoms with Gasteiger partial charge in [-0.25, -0.2) is 0 Å². The molecule has 3 aromatic rings. The van der Waals surface area contributed by atoms with E-state index in [4.69, 9.17) is 9.47 Å². The van der Waals surface area contributed by atoms with Crippen LogP contribution in [0.1, 0.15) is 72.1 Å². The highest BCUT2D eigenvalue weighted by molar-refractivity contribution is 6.08. The number of rotatable bonds is 0. The van der Waals surface area contributed by atoms with Gasteiger partial charge in [-0.3, -0.25) is 24.2 Å². The number of carbonyl (C=O) groups is 4. The molecule has 2 N–H and O–H groups in total. The topological polar surface area (TPSA) is 124 Å². The summed E-state index contributed by atoms with van der Waals surface area (Å²) >= 11 is 0. The molecule has 196 valence electrons. The van der Waals surface area contributed by atoms with Crippen molar-refractivity contribution < 1.29 is 28.7 Å². The van der Waals surface area contributed by atoms with E-state index in [1.165, 1.54) is 18.5 Å². The van der Waals surface area contributed by atoms with Crippen LogP contribution in [0, 0.1) is 0 Å². The summed E-state index contributed by atoms with van der Waals surface area (Å²) in [5.41, 5.74) is 1.41. The Balaban J connectivity index is 1.47. The highest BCUT2D eigenvalue weighted by Crippen LogP contribution is 2.20. The van der Waals surface area contributed by atoms with Crippen molar-refractivity contribution in [3.05, 3.63) is 78.1 Å². The minimum Gasteiger partial charge on any atom is -0.427 e. The van der Waals surface area contributed by atoms with E-state index in [-0.39, 0.29) is 23.1 Å². The largest absolute Gasteiger partial charge is 0.427 e. The van der Waals surface area contributed by atoms with Crippen LogP contribution in [0.25, 0.3) is 0 Å². The van der Waals surface area contributed by atoms with Gasteiger partial charge in [0.15, 0.2) is 0 Å². The average molecular weight is 516 g/mol. The van der Waals surface area contributed by atoms with Crippen molar-refractivity contribution in [3.63, 3.8) is 0 Å². The number of ether oxygens (including phenoxy) is 2. The van der Waals surface area contributed by atoms with Gasteiger partial charge in [0.05, 0.1) is 11.1 Å². The smallest absolute Gasteiger partial charge is 0.311 e. The molecule has 3 aliphatic heterocycles. The summed E-state index contributed by atoms with van der Waals surface area (Å²) in [4.78, 5) is 53.7. The Morgan fingerprint density at radius 1 is 0.553 bits per heavy atom. The van der Waals surface area contributed by atoms with Gasteiger partial charge in [-0.05, 0) is 67.4 Å². The van der Waals surface area contributed by atoms with Gasteiger partial charge in [-0.2, -0.15) is 0 Å². The molecule has 0 unspecified atom stereocenters. The summed E-state index contributed by atoms with van der Waals surface area (Å²) in [6.07, 6.45) is 8.59. The maximum atomic E-state index is 12.7. The second-order valence-corrected chi connectivity index (χ2v) is 8.99. The number of benzene rings is 2. The molecular weight excluding hydrogens is 486 g/mol. The number of amides is 2. The van der Waals surface area contributed by atoms with Crippen LogP contribution in [0.5, 0.6) is 11.5 Å². The molecule has 2 aromatic carbocycles. The number of nitrogens with one attached hydrogen (secondary N) is 2. The van der Waals surface area contributed by atoms with Gasteiger partial charge in [0, 0.05) is 36.6 Å². The second kappa shape index (κ2) is 13.1. The number of esters is 2. The highest BCUT2D eigenvalue weighted by Gasteiger charge is 2.13. The molecule has 0 spiro atoms. The molecule has 4 heterocycles. The van der Waals surface area contributed by atoms with E-state index >= 15 is 0 Å². The van der Waals surface area contributed by atoms with Gasteiger partial charge in [0.25, 0.3) is 11.8 Å². The Labute approximate surface area is 220 Å². The van der Waals surface area contributed by atoms with Crippen molar-refractivity contribution in [1.29, 1.82) is 0 Å². The third-order valence-corrected chi connectivity index (χ3v) is 5.96. The molecule has 3 aliphatic rings. The summed E-state index contributed by atoms with van der Waals surface area (Å²) in [7, 11) is 0. The molecule has 6 rings (SSSR count). The quantitative estimate of drug-likeness (QED) is 0.298. The fraction of sp³-hybridized carbons (Fsp3) is 0.276. The molecule has 9 nitrogen and oxygen atoms in total. The Morgan fingerprint density at radius 2 is 0.947 bits per heavy atom. The van der Waals surface area contributed by atoms with Gasteiger partial charge in [0.2, 0.25) is 0 Å². The predicted molar refractivity (Wildman–Crippen MR) is 141 cm³/mol. The highest BCUT2D eigenvalue weighted by atomic mass is 16.5. The van der Waals surface area contributed by atoms with Crippen LogP contribution in [0.3, 0.4) is 0 Å². The minimum absolute atomic E-state index is 0.202. The van der Waals surface area contributed by atoms with Crippen LogP contribution in [-0.4, -0.2) is 28.7 Å². The Hall–Kier alpha value is -4.53. The summed E-state index contributed by atoms with van der Waals surface area (Å²) in [6, 6.07) is 14.4. The Morgan fingerprint density at radius 3 is 1.37 bits per heavy atom. The molecule has 2 amide bonds. The molecular formula is C29H29N3O6. The molecule has 0 aliphatic carbocycles. The number of hydrogen-bond acceptors (Lipinski definition) is 7. The van der Waals surface area contributed by atoms with Crippen molar-refractivity contribution >= 4 is 35.1 Å². The molecule has 0 radical (unpaired) electrons. The third-order valence-electron chi connectivity index (χ3n) is 5.96. The molecule has 9 heteroatoms. The molecule has 6 bridgehead atoms. The van der Waals surface area contributed by atoms with Crippen molar-refractivity contribution in [1.82, 2.24) is 4.98 Å². The zero-order chi connectivity index (χ0) is 26.7. The van der Waals surface area contributed by atoms with E-state index < -0.39 is 11.8 Å². The number of pyridine rings is 1. The lowest BCUT2D eigenvalue weighted by atomic mass is 10.1. The lowest BCUT2D eigenvalue weighted by Gasteiger charge is -2.09. The monoisotopic (exact) mass is 515 g/mol. The van der Waals surface area contributed by atoms with E-state index in [1.54, 1.807) is 48.5 Å². The molecule has 0 saturated carbocycles. The lowest BCUT2D eigenvalue weighted by Crippen LogP contribution is -2.16. The van der Waals surface area contributed by atoms with Crippen molar-refractivity contribution in [2.24, 2.45) is 0 Å². The van der Waals surface area contributed by atoms with Crippen LogP contribution in [0.2, 0.25) is 0 Å². The Bertz CT molecular complexity index is 1190. The first kappa shape index (κ1) is 26.5. The summed E-state index contributed by atoms with van der Waals surface area (Å²) in [5.74, 6) is -0.719. The summed E-state index contributed by atoms with van der Waals surface area (Å²) in [5, 5.41) is 5.49. The lowest BCUT2D eigenvalue weighted by molar-refractivity contribution is -0.135. The second-order valence-electron chi connectivity index (χ2n) is 8.99. The van der Waals surface area contributed by atoms with Crippen LogP contribution in [-0.2, 0) is 9.59 Å². The zero-order valence-electron chi connectivity index (χ0n) is 20.9. The van der Waals surface area contributed by atoms with Crippen LogP contribution < -0.4 is 20.1 Å². The molecule has 0 fully saturated rings. The predicted octanol–water partition coefficient (Wildman–Crippen LogP) is 5.53. The number of carbonyl (C=O) groups excluding carboxylic acids is 4. The van der Waals surface area contributed by atoms with E-state index in [0.29, 0.717) is 35.7 Å². The number of nitrogens with zero attached hydrogens (tertiary/aromatic N) is 1. The molecule has 38 heavy (non-hydrogen) atoms. The number of hydrogen-bond donors (Lipinski definition) is 2. The number of fused-ring (bicyclic) bond motifs is 2. The maximum absolute atomic E-state index is 12.7. The zero-order valence-corrected chi connectivity index (χ0v) is 20.9. The molecule has 1 aromatic heterocycles. The molecule has 0 atom stereocenters. The third kappa shape index (κ3) is 7.99. The van der Waals surface area contributed by atoms with E-state index in [9.17, 15) is 19.2 Å². The SMILES string of the molecule is O=C1CCCCCCCCC(=O)Oc2ccc(cc2)NC(=O)c2cncc(c2)C(=O)Nc2ccc(cc2)O1. The minimum atomic E-state index is -0.444. The Kier molecular flexibility index (Phi) is 9.17. The van der Waals surface area contributed by atoms with Gasteiger partial charge in [-0.15, -0.1) is 0 Å². The number of aromatic nitrogens is 1. The first-order chi connectivity index (χ1) is 18.5. The van der Waals surface area contributed by atoms with Gasteiger partial charge in [-0.1, -0.05) is 25.7 Å². The number of anilines is 2. The summed E-state index contributed by atoms with van der Waals surface area (Å²) in [6.45, 7) is 0. The van der Waals surface area contributed by atoms with E-state index in [1.807, 2.05) is 0 Å². The van der Waals surface area contributed by atoms with Gasteiger partial charge < -0.3 is 20.1 Å². The van der Waals surface area contributed by atoms with Crippen molar-refractivity contribution in [3.8, 4) is 11.5 Å².